The van der Waals surface area contributed by atoms with Gasteiger partial charge in [0.1, 0.15) is 5.65 Å². The highest BCUT2D eigenvalue weighted by Gasteiger charge is 2.28. The predicted molar refractivity (Wildman–Crippen MR) is 143 cm³/mol. The number of nitrogens with one attached hydrogen (secondary N) is 1. The molecule has 0 aliphatic carbocycles. The molecule has 200 valence electrons. The minimum Gasteiger partial charge on any atom is -0.490 e. The molecular weight excluding hydrogens is 501 g/mol. The summed E-state index contributed by atoms with van der Waals surface area (Å²) in [5, 5.41) is 12.8. The Hall–Kier alpha value is -4.53. The van der Waals surface area contributed by atoms with Crippen molar-refractivity contribution < 1.29 is 28.6 Å². The third-order valence-corrected chi connectivity index (χ3v) is 7.25. The summed E-state index contributed by atoms with van der Waals surface area (Å²) in [4.78, 5) is 42.5. The third-order valence-electron chi connectivity index (χ3n) is 7.25. The number of amides is 1. The van der Waals surface area contributed by atoms with Crippen LogP contribution in [0.5, 0.6) is 5.75 Å². The van der Waals surface area contributed by atoms with Crippen LogP contribution in [0.25, 0.3) is 22.2 Å². The second kappa shape index (κ2) is 10.3. The first kappa shape index (κ1) is 26.1. The molecule has 1 amide bonds. The maximum atomic E-state index is 15.3. The standard InChI is InChI=1S/C30H28FN3O5/c1-16-19-10-7-11-39-28(19)23(31)12-20(16)26-21(14-25(35)36)17(2)33-29-22(26)13-24(34(29)3)27(37)30(38)32-15-18-8-5-4-6-9-18/h4-6,8-9,12-13H,7,10-11,14-15H2,1-3H3,(H,32,38)(H,35,36). The molecular formula is C30H28FN3O5. The number of carbonyl (C=O) groups is 3. The highest BCUT2D eigenvalue weighted by molar-refractivity contribution is 6.42. The maximum Gasteiger partial charge on any atom is 0.307 e. The van der Waals surface area contributed by atoms with Crippen molar-refractivity contribution in [2.75, 3.05) is 6.61 Å². The summed E-state index contributed by atoms with van der Waals surface area (Å²) in [7, 11) is 1.63. The number of hydrogen-bond acceptors (Lipinski definition) is 5. The molecule has 4 aromatic rings. The Labute approximate surface area is 224 Å². The monoisotopic (exact) mass is 529 g/mol. The van der Waals surface area contributed by atoms with Gasteiger partial charge in [-0.15, -0.1) is 0 Å². The molecule has 0 atom stereocenters. The largest absolute Gasteiger partial charge is 0.490 e. The number of carbonyl (C=O) groups excluding carboxylic acids is 2. The Morgan fingerprint density at radius 2 is 1.90 bits per heavy atom. The molecule has 0 saturated heterocycles. The van der Waals surface area contributed by atoms with Gasteiger partial charge in [0.15, 0.2) is 11.6 Å². The predicted octanol–water partition coefficient (Wildman–Crippen LogP) is 4.45. The van der Waals surface area contributed by atoms with Crippen molar-refractivity contribution in [2.24, 2.45) is 7.05 Å². The first-order valence-corrected chi connectivity index (χ1v) is 12.7. The van der Waals surface area contributed by atoms with Gasteiger partial charge in [-0.2, -0.15) is 0 Å². The average Bonchev–Trinajstić information content (AvgIpc) is 3.25. The molecule has 2 aromatic heterocycles. The van der Waals surface area contributed by atoms with Gasteiger partial charge < -0.3 is 19.7 Å². The van der Waals surface area contributed by atoms with Crippen molar-refractivity contribution in [2.45, 2.75) is 39.7 Å². The van der Waals surface area contributed by atoms with E-state index in [2.05, 4.69) is 10.3 Å². The quantitative estimate of drug-likeness (QED) is 0.270. The molecule has 0 fully saturated rings. The van der Waals surface area contributed by atoms with E-state index in [1.165, 1.54) is 10.6 Å². The zero-order chi connectivity index (χ0) is 27.8. The van der Waals surface area contributed by atoms with Crippen molar-refractivity contribution in [3.8, 4) is 16.9 Å². The van der Waals surface area contributed by atoms with Crippen molar-refractivity contribution in [3.05, 3.63) is 81.9 Å². The second-order valence-corrected chi connectivity index (χ2v) is 9.74. The van der Waals surface area contributed by atoms with Crippen LogP contribution in [-0.4, -0.2) is 38.9 Å². The van der Waals surface area contributed by atoms with Gasteiger partial charge in [0.25, 0.3) is 11.7 Å². The molecule has 0 saturated carbocycles. The normalized spacial score (nSPS) is 12.6. The Bertz CT molecular complexity index is 1640. The number of carboxylic acids is 1. The van der Waals surface area contributed by atoms with Gasteiger partial charge in [0.05, 0.1) is 18.7 Å². The summed E-state index contributed by atoms with van der Waals surface area (Å²) >= 11 is 0. The number of benzene rings is 2. The number of aliphatic carboxylic acids is 1. The topological polar surface area (TPSA) is 111 Å². The molecule has 2 N–H and O–H groups in total. The highest BCUT2D eigenvalue weighted by atomic mass is 19.1. The molecule has 0 radical (unpaired) electrons. The van der Waals surface area contributed by atoms with E-state index in [0.29, 0.717) is 46.4 Å². The number of halogens is 1. The van der Waals surface area contributed by atoms with Crippen LogP contribution in [-0.2, 0) is 36.0 Å². The van der Waals surface area contributed by atoms with E-state index in [1.807, 2.05) is 37.3 Å². The number of hydrogen-bond donors (Lipinski definition) is 2. The molecule has 9 heteroatoms. The highest BCUT2D eigenvalue weighted by Crippen LogP contribution is 2.42. The first-order chi connectivity index (χ1) is 18.7. The fourth-order valence-electron chi connectivity index (χ4n) is 5.27. The van der Waals surface area contributed by atoms with Gasteiger partial charge in [0.2, 0.25) is 0 Å². The van der Waals surface area contributed by atoms with Crippen LogP contribution in [0.15, 0.2) is 42.5 Å². The number of pyridine rings is 1. The van der Waals surface area contributed by atoms with Crippen LogP contribution in [0, 0.1) is 19.7 Å². The fourth-order valence-corrected chi connectivity index (χ4v) is 5.27. The Morgan fingerprint density at radius 1 is 1.15 bits per heavy atom. The van der Waals surface area contributed by atoms with E-state index in [1.54, 1.807) is 20.0 Å². The molecule has 1 aliphatic rings. The lowest BCUT2D eigenvalue weighted by atomic mass is 9.87. The number of rotatable bonds is 7. The molecule has 3 heterocycles. The van der Waals surface area contributed by atoms with Crippen LogP contribution in [0.4, 0.5) is 4.39 Å². The zero-order valence-corrected chi connectivity index (χ0v) is 21.9. The number of ketones is 1. The Balaban J connectivity index is 1.66. The van der Waals surface area contributed by atoms with E-state index in [-0.39, 0.29) is 24.4 Å². The van der Waals surface area contributed by atoms with Crippen LogP contribution >= 0.6 is 0 Å². The molecule has 1 aliphatic heterocycles. The fraction of sp³-hybridized carbons (Fsp3) is 0.267. The van der Waals surface area contributed by atoms with Gasteiger partial charge in [-0.05, 0) is 66.6 Å². The van der Waals surface area contributed by atoms with Crippen molar-refractivity contribution >= 4 is 28.7 Å². The Kier molecular flexibility index (Phi) is 6.91. The molecule has 0 unspecified atom stereocenters. The van der Waals surface area contributed by atoms with Crippen molar-refractivity contribution in [3.63, 3.8) is 0 Å². The van der Waals surface area contributed by atoms with Gasteiger partial charge >= 0.3 is 5.97 Å². The van der Waals surface area contributed by atoms with Crippen LogP contribution < -0.4 is 10.1 Å². The van der Waals surface area contributed by atoms with E-state index in [0.717, 1.165) is 23.1 Å². The molecule has 5 rings (SSSR count). The van der Waals surface area contributed by atoms with Gasteiger partial charge in [-0.1, -0.05) is 30.3 Å². The van der Waals surface area contributed by atoms with Gasteiger partial charge in [-0.3, -0.25) is 14.4 Å². The number of nitrogens with zero attached hydrogens (tertiary/aromatic N) is 2. The molecule has 39 heavy (non-hydrogen) atoms. The summed E-state index contributed by atoms with van der Waals surface area (Å²) in [5.74, 6) is -2.89. The Morgan fingerprint density at radius 3 is 2.62 bits per heavy atom. The van der Waals surface area contributed by atoms with Crippen molar-refractivity contribution in [1.82, 2.24) is 14.9 Å². The lowest BCUT2D eigenvalue weighted by Crippen LogP contribution is -2.31. The van der Waals surface area contributed by atoms with E-state index in [4.69, 9.17) is 4.74 Å². The smallest absolute Gasteiger partial charge is 0.307 e. The minimum atomic E-state index is -1.06. The summed E-state index contributed by atoms with van der Waals surface area (Å²) in [6.45, 7) is 4.18. The van der Waals surface area contributed by atoms with Crippen LogP contribution in [0.3, 0.4) is 0 Å². The van der Waals surface area contributed by atoms with E-state index < -0.39 is 23.5 Å². The summed E-state index contributed by atoms with van der Waals surface area (Å²) in [6.07, 6.45) is 1.04. The van der Waals surface area contributed by atoms with E-state index in [9.17, 15) is 19.5 Å². The zero-order valence-electron chi connectivity index (χ0n) is 21.9. The van der Waals surface area contributed by atoms with Crippen LogP contribution in [0.2, 0.25) is 0 Å². The van der Waals surface area contributed by atoms with Crippen molar-refractivity contribution in [1.29, 1.82) is 0 Å². The van der Waals surface area contributed by atoms with Crippen LogP contribution in [0.1, 0.15) is 44.9 Å². The second-order valence-electron chi connectivity index (χ2n) is 9.74. The summed E-state index contributed by atoms with van der Waals surface area (Å²) < 4.78 is 22.4. The number of carboxylic acid groups (broad SMARTS) is 1. The number of Topliss-reactive ketones (excluding diaryl/α,β-unsaturated/α-hetero) is 1. The lowest BCUT2D eigenvalue weighted by Gasteiger charge is -2.23. The lowest BCUT2D eigenvalue weighted by molar-refractivity contribution is -0.136. The number of fused-ring (bicyclic) bond motifs is 2. The minimum absolute atomic E-state index is 0.0932. The number of aryl methyl sites for hydroxylation is 2. The van der Waals surface area contributed by atoms with Gasteiger partial charge in [0, 0.05) is 30.2 Å². The molecule has 0 bridgehead atoms. The molecule has 0 spiro atoms. The summed E-state index contributed by atoms with van der Waals surface area (Å²) in [5.41, 5.74) is 4.73. The van der Waals surface area contributed by atoms with E-state index >= 15 is 4.39 Å². The third kappa shape index (κ3) is 4.76. The van der Waals surface area contributed by atoms with Gasteiger partial charge in [-0.25, -0.2) is 9.37 Å². The average molecular weight is 530 g/mol. The molecule has 8 nitrogen and oxygen atoms in total. The molecule has 2 aromatic carbocycles. The summed E-state index contributed by atoms with van der Waals surface area (Å²) in [6, 6.07) is 12.1. The number of aromatic nitrogens is 2. The SMILES string of the molecule is Cc1nc2c(cc(C(=O)C(=O)NCc3ccccc3)n2C)c(-c2cc(F)c3c(c2C)CCCO3)c1CC(=O)O. The maximum absolute atomic E-state index is 15.3. The number of ether oxygens (including phenoxy) is 1. The first-order valence-electron chi connectivity index (χ1n) is 12.7.